The lowest BCUT2D eigenvalue weighted by Crippen LogP contribution is -2.33. The van der Waals surface area contributed by atoms with Crippen LogP contribution in [0.5, 0.6) is 0 Å². The van der Waals surface area contributed by atoms with Gasteiger partial charge in [-0.1, -0.05) is 22.0 Å². The van der Waals surface area contributed by atoms with E-state index in [1.54, 1.807) is 12.1 Å². The molecule has 88 valence electrons. The van der Waals surface area contributed by atoms with E-state index in [0.717, 1.165) is 17.6 Å². The molecule has 1 aromatic rings. The van der Waals surface area contributed by atoms with Crippen molar-refractivity contribution in [2.45, 2.75) is 0 Å². The molecule has 0 aliphatic carbocycles. The Kier molecular flexibility index (Phi) is 6.07. The van der Waals surface area contributed by atoms with Crippen molar-refractivity contribution in [2.75, 3.05) is 26.2 Å². The number of hydrogen-bond acceptors (Lipinski definition) is 3. The average Bonchev–Trinajstić information content (AvgIpc) is 2.28. The molecule has 0 saturated carbocycles. The van der Waals surface area contributed by atoms with E-state index in [2.05, 4.69) is 26.6 Å². The SMILES string of the molecule is NCCNCCNC(=O)c1cccc(Br)c1. The topological polar surface area (TPSA) is 67.2 Å². The number of carbonyl (C=O) groups is 1. The Balaban J connectivity index is 2.30. The molecule has 1 amide bonds. The molecule has 1 aromatic carbocycles. The van der Waals surface area contributed by atoms with Crippen molar-refractivity contribution in [3.63, 3.8) is 0 Å². The fourth-order valence-corrected chi connectivity index (χ4v) is 1.62. The van der Waals surface area contributed by atoms with Crippen molar-refractivity contribution < 1.29 is 4.79 Å². The monoisotopic (exact) mass is 285 g/mol. The van der Waals surface area contributed by atoms with Gasteiger partial charge in [-0.3, -0.25) is 4.79 Å². The van der Waals surface area contributed by atoms with Crippen molar-refractivity contribution in [3.8, 4) is 0 Å². The van der Waals surface area contributed by atoms with E-state index in [0.29, 0.717) is 18.7 Å². The summed E-state index contributed by atoms with van der Waals surface area (Å²) in [5.41, 5.74) is 5.98. The first kappa shape index (κ1) is 13.2. The van der Waals surface area contributed by atoms with Crippen LogP contribution in [-0.2, 0) is 0 Å². The van der Waals surface area contributed by atoms with E-state index in [-0.39, 0.29) is 5.91 Å². The van der Waals surface area contributed by atoms with E-state index < -0.39 is 0 Å². The first-order valence-corrected chi connectivity index (χ1v) is 5.98. The van der Waals surface area contributed by atoms with E-state index in [1.165, 1.54) is 0 Å². The molecule has 0 saturated heterocycles. The van der Waals surface area contributed by atoms with Crippen LogP contribution in [0.25, 0.3) is 0 Å². The molecule has 0 aromatic heterocycles. The third-order valence-electron chi connectivity index (χ3n) is 2.00. The molecule has 0 aliphatic heterocycles. The summed E-state index contributed by atoms with van der Waals surface area (Å²) < 4.78 is 0.904. The summed E-state index contributed by atoms with van der Waals surface area (Å²) in [5, 5.41) is 5.93. The first-order valence-electron chi connectivity index (χ1n) is 5.18. The molecule has 4 N–H and O–H groups in total. The highest BCUT2D eigenvalue weighted by atomic mass is 79.9. The number of hydrogen-bond donors (Lipinski definition) is 3. The van der Waals surface area contributed by atoms with Gasteiger partial charge in [0.25, 0.3) is 5.91 Å². The Morgan fingerprint density at radius 2 is 2.12 bits per heavy atom. The van der Waals surface area contributed by atoms with Crippen LogP contribution in [0.15, 0.2) is 28.7 Å². The van der Waals surface area contributed by atoms with Crippen LogP contribution >= 0.6 is 15.9 Å². The minimum absolute atomic E-state index is 0.0594. The minimum atomic E-state index is -0.0594. The second-order valence-corrected chi connectivity index (χ2v) is 4.22. The number of carbonyl (C=O) groups excluding carboxylic acids is 1. The maximum absolute atomic E-state index is 11.6. The molecular formula is C11H16BrN3O. The van der Waals surface area contributed by atoms with Gasteiger partial charge in [-0.05, 0) is 18.2 Å². The van der Waals surface area contributed by atoms with Crippen LogP contribution in [0, 0.1) is 0 Å². The predicted molar refractivity (Wildman–Crippen MR) is 68.4 cm³/mol. The average molecular weight is 286 g/mol. The Morgan fingerprint density at radius 3 is 2.81 bits per heavy atom. The van der Waals surface area contributed by atoms with Crippen LogP contribution in [-0.4, -0.2) is 32.1 Å². The molecule has 0 spiro atoms. The quantitative estimate of drug-likeness (QED) is 0.675. The van der Waals surface area contributed by atoms with E-state index >= 15 is 0 Å². The molecule has 0 fully saturated rings. The summed E-state index contributed by atoms with van der Waals surface area (Å²) in [5.74, 6) is -0.0594. The molecule has 1 rings (SSSR count). The van der Waals surface area contributed by atoms with Crippen LogP contribution < -0.4 is 16.4 Å². The zero-order chi connectivity index (χ0) is 11.8. The lowest BCUT2D eigenvalue weighted by Gasteiger charge is -2.06. The Hall–Kier alpha value is -0.910. The zero-order valence-electron chi connectivity index (χ0n) is 9.00. The minimum Gasteiger partial charge on any atom is -0.351 e. The van der Waals surface area contributed by atoms with Crippen LogP contribution in [0.1, 0.15) is 10.4 Å². The van der Waals surface area contributed by atoms with E-state index in [9.17, 15) is 4.79 Å². The molecule has 0 bridgehead atoms. The van der Waals surface area contributed by atoms with Crippen LogP contribution in [0.2, 0.25) is 0 Å². The Labute approximate surface area is 104 Å². The van der Waals surface area contributed by atoms with Gasteiger partial charge in [0.15, 0.2) is 0 Å². The number of amides is 1. The summed E-state index contributed by atoms with van der Waals surface area (Å²) >= 11 is 3.33. The van der Waals surface area contributed by atoms with Crippen LogP contribution in [0.3, 0.4) is 0 Å². The van der Waals surface area contributed by atoms with Crippen LogP contribution in [0.4, 0.5) is 0 Å². The summed E-state index contributed by atoms with van der Waals surface area (Å²) in [6, 6.07) is 7.31. The Morgan fingerprint density at radius 1 is 1.31 bits per heavy atom. The summed E-state index contributed by atoms with van der Waals surface area (Å²) in [6.45, 7) is 2.72. The standard InChI is InChI=1S/C11H16BrN3O/c12-10-3-1-2-9(8-10)11(16)15-7-6-14-5-4-13/h1-3,8,14H,4-7,13H2,(H,15,16). The summed E-state index contributed by atoms with van der Waals surface area (Å²) in [4.78, 5) is 11.6. The normalized spacial score (nSPS) is 10.1. The lowest BCUT2D eigenvalue weighted by molar-refractivity contribution is 0.0954. The fourth-order valence-electron chi connectivity index (χ4n) is 1.22. The lowest BCUT2D eigenvalue weighted by atomic mass is 10.2. The van der Waals surface area contributed by atoms with Gasteiger partial charge in [-0.25, -0.2) is 0 Å². The molecular weight excluding hydrogens is 270 g/mol. The van der Waals surface area contributed by atoms with Crippen molar-refractivity contribution in [1.29, 1.82) is 0 Å². The van der Waals surface area contributed by atoms with Crippen molar-refractivity contribution in [2.24, 2.45) is 5.73 Å². The number of nitrogens with two attached hydrogens (primary N) is 1. The number of benzene rings is 1. The van der Waals surface area contributed by atoms with Gasteiger partial charge in [-0.15, -0.1) is 0 Å². The maximum atomic E-state index is 11.6. The summed E-state index contributed by atoms with van der Waals surface area (Å²) in [6.07, 6.45) is 0. The third-order valence-corrected chi connectivity index (χ3v) is 2.49. The van der Waals surface area contributed by atoms with Gasteiger partial charge in [-0.2, -0.15) is 0 Å². The Bertz CT molecular complexity index is 344. The highest BCUT2D eigenvalue weighted by Crippen LogP contribution is 2.11. The fraction of sp³-hybridized carbons (Fsp3) is 0.364. The molecule has 4 nitrogen and oxygen atoms in total. The van der Waals surface area contributed by atoms with Gasteiger partial charge in [0.05, 0.1) is 0 Å². The highest BCUT2D eigenvalue weighted by molar-refractivity contribution is 9.10. The molecule has 0 radical (unpaired) electrons. The van der Waals surface area contributed by atoms with Gasteiger partial charge < -0.3 is 16.4 Å². The molecule has 0 aliphatic rings. The number of nitrogens with one attached hydrogen (secondary N) is 2. The second kappa shape index (κ2) is 7.38. The van der Waals surface area contributed by atoms with E-state index in [1.807, 2.05) is 12.1 Å². The predicted octanol–water partition coefficient (Wildman–Crippen LogP) is 0.727. The van der Waals surface area contributed by atoms with Crippen molar-refractivity contribution >= 4 is 21.8 Å². The summed E-state index contributed by atoms with van der Waals surface area (Å²) in [7, 11) is 0. The zero-order valence-corrected chi connectivity index (χ0v) is 10.6. The van der Waals surface area contributed by atoms with Gasteiger partial charge in [0.2, 0.25) is 0 Å². The smallest absolute Gasteiger partial charge is 0.251 e. The van der Waals surface area contributed by atoms with Gasteiger partial charge in [0.1, 0.15) is 0 Å². The molecule has 0 unspecified atom stereocenters. The molecule has 0 heterocycles. The first-order chi connectivity index (χ1) is 7.74. The van der Waals surface area contributed by atoms with Crippen molar-refractivity contribution in [1.82, 2.24) is 10.6 Å². The largest absolute Gasteiger partial charge is 0.351 e. The maximum Gasteiger partial charge on any atom is 0.251 e. The highest BCUT2D eigenvalue weighted by Gasteiger charge is 2.03. The number of rotatable bonds is 6. The van der Waals surface area contributed by atoms with Gasteiger partial charge >= 0.3 is 0 Å². The molecule has 5 heteroatoms. The van der Waals surface area contributed by atoms with E-state index in [4.69, 9.17) is 5.73 Å². The second-order valence-electron chi connectivity index (χ2n) is 3.30. The third kappa shape index (κ3) is 4.74. The van der Waals surface area contributed by atoms with Gasteiger partial charge in [0, 0.05) is 36.2 Å². The molecule has 16 heavy (non-hydrogen) atoms. The molecule has 0 atom stereocenters. The van der Waals surface area contributed by atoms with Crippen molar-refractivity contribution in [3.05, 3.63) is 34.3 Å². The number of halogens is 1.